The monoisotopic (exact) mass is 327 g/mol. The zero-order chi connectivity index (χ0) is 16.5. The number of nitrogens with zero attached hydrogens (tertiary/aromatic N) is 5. The Bertz CT molecular complexity index is 787. The smallest absolute Gasteiger partial charge is 0.267 e. The van der Waals surface area contributed by atoms with Crippen LogP contribution in [0.4, 0.5) is 5.82 Å². The van der Waals surface area contributed by atoms with Crippen molar-refractivity contribution < 1.29 is 4.74 Å². The molecule has 2 aromatic heterocycles. The van der Waals surface area contributed by atoms with Gasteiger partial charge < -0.3 is 9.64 Å². The Morgan fingerprint density at radius 3 is 3.08 bits per heavy atom. The summed E-state index contributed by atoms with van der Waals surface area (Å²) in [6, 6.07) is 5.87. The molecule has 2 aliphatic heterocycles. The van der Waals surface area contributed by atoms with Crippen molar-refractivity contribution in [2.24, 2.45) is 0 Å². The number of fused-ring (bicyclic) bond motifs is 1. The molecule has 1 saturated heterocycles. The predicted octanol–water partition coefficient (Wildman–Crippen LogP) is 1.08. The summed E-state index contributed by atoms with van der Waals surface area (Å²) in [6.07, 6.45) is 2.89. The highest BCUT2D eigenvalue weighted by molar-refractivity contribution is 5.40. The van der Waals surface area contributed by atoms with Gasteiger partial charge in [0.2, 0.25) is 0 Å². The highest BCUT2D eigenvalue weighted by Crippen LogP contribution is 2.24. The van der Waals surface area contributed by atoms with E-state index in [0.717, 1.165) is 48.6 Å². The molecule has 2 aliphatic rings. The molecule has 0 radical (unpaired) electrons. The number of hydrogen-bond donors (Lipinski definition) is 0. The van der Waals surface area contributed by atoms with Crippen LogP contribution >= 0.6 is 0 Å². The number of anilines is 1. The van der Waals surface area contributed by atoms with E-state index < -0.39 is 0 Å². The summed E-state index contributed by atoms with van der Waals surface area (Å²) in [5.74, 6) is 0.877. The lowest BCUT2D eigenvalue weighted by molar-refractivity contribution is 0.108. The fraction of sp³-hybridized carbons (Fsp3) is 0.529. The van der Waals surface area contributed by atoms with Crippen LogP contribution in [0.15, 0.2) is 23.0 Å². The molecule has 126 valence electrons. The highest BCUT2D eigenvalue weighted by Gasteiger charge is 2.27. The number of aryl methyl sites for hydroxylation is 1. The molecule has 4 rings (SSSR count). The number of rotatable bonds is 3. The minimum Gasteiger partial charge on any atom is -0.376 e. The average Bonchev–Trinajstić information content (AvgIpc) is 3.04. The predicted molar refractivity (Wildman–Crippen MR) is 89.0 cm³/mol. The van der Waals surface area contributed by atoms with Crippen molar-refractivity contribution in [3.8, 4) is 0 Å². The van der Waals surface area contributed by atoms with Crippen LogP contribution < -0.4 is 10.5 Å². The second kappa shape index (κ2) is 6.32. The molecular formula is C17H21N5O2. The molecule has 24 heavy (non-hydrogen) atoms. The van der Waals surface area contributed by atoms with E-state index in [0.29, 0.717) is 19.8 Å². The largest absolute Gasteiger partial charge is 0.376 e. The van der Waals surface area contributed by atoms with Crippen LogP contribution in [-0.2, 0) is 24.3 Å². The van der Waals surface area contributed by atoms with Gasteiger partial charge in [0, 0.05) is 24.6 Å². The molecule has 0 amide bonds. The molecule has 0 aromatic carbocycles. The van der Waals surface area contributed by atoms with E-state index >= 15 is 0 Å². The number of aromatic nitrogens is 4. The topological polar surface area (TPSA) is 73.1 Å². The molecule has 7 nitrogen and oxygen atoms in total. The van der Waals surface area contributed by atoms with Crippen molar-refractivity contribution in [2.45, 2.75) is 45.4 Å². The molecule has 1 atom stereocenters. The maximum atomic E-state index is 12.4. The maximum absolute atomic E-state index is 12.4. The summed E-state index contributed by atoms with van der Waals surface area (Å²) in [6.45, 7) is 4.62. The van der Waals surface area contributed by atoms with Crippen LogP contribution in [0.2, 0.25) is 0 Å². The molecule has 2 aromatic rings. The summed E-state index contributed by atoms with van der Waals surface area (Å²) in [5, 5.41) is 13.0. The Labute approximate surface area is 140 Å². The van der Waals surface area contributed by atoms with Crippen LogP contribution in [0, 0.1) is 6.92 Å². The third-order valence-electron chi connectivity index (χ3n) is 4.74. The summed E-state index contributed by atoms with van der Waals surface area (Å²) in [5.41, 5.74) is 2.76. The second-order valence-corrected chi connectivity index (χ2v) is 6.46. The number of ether oxygens (including phenoxy) is 1. The molecule has 4 heterocycles. The highest BCUT2D eigenvalue weighted by atomic mass is 16.5. The van der Waals surface area contributed by atoms with E-state index in [2.05, 4.69) is 20.2 Å². The van der Waals surface area contributed by atoms with Crippen molar-refractivity contribution in [3.63, 3.8) is 0 Å². The number of hydrogen-bond acceptors (Lipinski definition) is 6. The van der Waals surface area contributed by atoms with E-state index in [4.69, 9.17) is 4.74 Å². The van der Waals surface area contributed by atoms with Gasteiger partial charge in [0.05, 0.1) is 37.2 Å². The Morgan fingerprint density at radius 1 is 1.33 bits per heavy atom. The van der Waals surface area contributed by atoms with Gasteiger partial charge in [-0.3, -0.25) is 4.79 Å². The van der Waals surface area contributed by atoms with Crippen LogP contribution in [0.1, 0.15) is 29.8 Å². The Balaban J connectivity index is 1.58. The standard InChI is InChI=1S/C17H21N5O2/c1-12-4-5-16(19-18-12)21-7-2-3-14(21)10-22-17(23)9-13-11-24-8-6-15(13)20-22/h4-5,9,14H,2-3,6-8,10-11H2,1H3. The molecule has 0 saturated carbocycles. The van der Waals surface area contributed by atoms with Gasteiger partial charge in [-0.25, -0.2) is 4.68 Å². The van der Waals surface area contributed by atoms with Crippen LogP contribution in [0.25, 0.3) is 0 Å². The summed E-state index contributed by atoms with van der Waals surface area (Å²) in [7, 11) is 0. The fourth-order valence-corrected chi connectivity index (χ4v) is 3.46. The van der Waals surface area contributed by atoms with Gasteiger partial charge in [0.25, 0.3) is 5.56 Å². The van der Waals surface area contributed by atoms with Gasteiger partial charge in [0.15, 0.2) is 5.82 Å². The van der Waals surface area contributed by atoms with Crippen LogP contribution in [0.3, 0.4) is 0 Å². The molecule has 0 N–H and O–H groups in total. The van der Waals surface area contributed by atoms with E-state index in [1.165, 1.54) is 0 Å². The molecule has 0 bridgehead atoms. The Hall–Kier alpha value is -2.28. The van der Waals surface area contributed by atoms with Crippen molar-refractivity contribution >= 4 is 5.82 Å². The summed E-state index contributed by atoms with van der Waals surface area (Å²) in [4.78, 5) is 14.6. The van der Waals surface area contributed by atoms with Gasteiger partial charge in [-0.05, 0) is 31.9 Å². The first kappa shape index (κ1) is 15.3. The first-order valence-corrected chi connectivity index (χ1v) is 8.45. The van der Waals surface area contributed by atoms with Crippen molar-refractivity contribution in [1.29, 1.82) is 0 Å². The van der Waals surface area contributed by atoms with Crippen molar-refractivity contribution in [2.75, 3.05) is 18.1 Å². The Kier molecular flexibility index (Phi) is 4.02. The first-order chi connectivity index (χ1) is 11.7. The minimum absolute atomic E-state index is 0.0545. The van der Waals surface area contributed by atoms with Crippen molar-refractivity contribution in [3.05, 3.63) is 45.5 Å². The van der Waals surface area contributed by atoms with Gasteiger partial charge >= 0.3 is 0 Å². The average molecular weight is 327 g/mol. The van der Waals surface area contributed by atoms with Crippen LogP contribution in [0.5, 0.6) is 0 Å². The van der Waals surface area contributed by atoms with Gasteiger partial charge in [-0.15, -0.1) is 5.10 Å². The van der Waals surface area contributed by atoms with Gasteiger partial charge in [0.1, 0.15) is 0 Å². The third-order valence-corrected chi connectivity index (χ3v) is 4.74. The normalized spacial score (nSPS) is 20.2. The van der Waals surface area contributed by atoms with E-state index in [1.54, 1.807) is 10.7 Å². The van der Waals surface area contributed by atoms with Crippen LogP contribution in [-0.4, -0.2) is 39.2 Å². The molecule has 1 unspecified atom stereocenters. The first-order valence-electron chi connectivity index (χ1n) is 8.45. The van der Waals surface area contributed by atoms with Gasteiger partial charge in [-0.1, -0.05) is 0 Å². The maximum Gasteiger partial charge on any atom is 0.267 e. The van der Waals surface area contributed by atoms with Crippen molar-refractivity contribution in [1.82, 2.24) is 20.0 Å². The molecule has 1 fully saturated rings. The SMILES string of the molecule is Cc1ccc(N2CCCC2Cn2nc3c(cc2=O)COCC3)nn1. The second-order valence-electron chi connectivity index (χ2n) is 6.46. The zero-order valence-corrected chi connectivity index (χ0v) is 13.8. The molecule has 7 heteroatoms. The van der Waals surface area contributed by atoms with E-state index in [9.17, 15) is 4.79 Å². The van der Waals surface area contributed by atoms with E-state index in [1.807, 2.05) is 19.1 Å². The fourth-order valence-electron chi connectivity index (χ4n) is 3.46. The summed E-state index contributed by atoms with van der Waals surface area (Å²) >= 11 is 0. The Morgan fingerprint density at radius 2 is 2.25 bits per heavy atom. The lowest BCUT2D eigenvalue weighted by atomic mass is 10.1. The lowest BCUT2D eigenvalue weighted by Crippen LogP contribution is -2.38. The summed E-state index contributed by atoms with van der Waals surface area (Å²) < 4.78 is 7.00. The van der Waals surface area contributed by atoms with E-state index in [-0.39, 0.29) is 11.6 Å². The lowest BCUT2D eigenvalue weighted by Gasteiger charge is -2.26. The zero-order valence-electron chi connectivity index (χ0n) is 13.8. The third kappa shape index (κ3) is 2.91. The minimum atomic E-state index is -0.0545. The molecule has 0 aliphatic carbocycles. The molecule has 0 spiro atoms. The quantitative estimate of drug-likeness (QED) is 0.840. The molecular weight excluding hydrogens is 306 g/mol. The van der Waals surface area contributed by atoms with Gasteiger partial charge in [-0.2, -0.15) is 10.2 Å².